The van der Waals surface area contributed by atoms with Gasteiger partial charge in [-0.3, -0.25) is 4.79 Å². The number of carbonyl (C=O) groups excluding carboxylic acids is 1. The first-order valence-corrected chi connectivity index (χ1v) is 6.65. The fourth-order valence-corrected chi connectivity index (χ4v) is 1.75. The van der Waals surface area contributed by atoms with Crippen molar-refractivity contribution in [3.63, 3.8) is 0 Å². The van der Waals surface area contributed by atoms with E-state index in [0.717, 1.165) is 12.0 Å². The Morgan fingerprint density at radius 1 is 1.17 bits per heavy atom. The number of ketones is 1. The molecule has 0 bridgehead atoms. The Morgan fingerprint density at radius 2 is 1.72 bits per heavy atom. The summed E-state index contributed by atoms with van der Waals surface area (Å²) in [7, 11) is 0. The van der Waals surface area contributed by atoms with Crippen LogP contribution in [0.1, 0.15) is 50.5 Å². The van der Waals surface area contributed by atoms with E-state index < -0.39 is 0 Å². The molecule has 1 aromatic carbocycles. The zero-order valence-corrected chi connectivity index (χ0v) is 12.2. The second-order valence-corrected chi connectivity index (χ2v) is 6.32. The van der Waals surface area contributed by atoms with Gasteiger partial charge in [-0.1, -0.05) is 38.1 Å². The Bertz CT molecular complexity index is 385. The summed E-state index contributed by atoms with van der Waals surface area (Å²) in [6, 6.07) is 7.99. The summed E-state index contributed by atoms with van der Waals surface area (Å²) < 4.78 is 0. The van der Waals surface area contributed by atoms with Gasteiger partial charge in [-0.15, -0.1) is 0 Å². The Morgan fingerprint density at radius 3 is 2.17 bits per heavy atom. The number of benzene rings is 1. The van der Waals surface area contributed by atoms with E-state index >= 15 is 0 Å². The summed E-state index contributed by atoms with van der Waals surface area (Å²) in [6.07, 6.45) is 1.06. The molecule has 0 unspecified atom stereocenters. The number of carbonyl (C=O) groups is 1. The summed E-state index contributed by atoms with van der Waals surface area (Å²) in [5.74, 6) is 0.801. The highest BCUT2D eigenvalue weighted by molar-refractivity contribution is 5.97. The van der Waals surface area contributed by atoms with Gasteiger partial charge in [0.2, 0.25) is 0 Å². The Labute approximate surface area is 111 Å². The molecule has 0 fully saturated rings. The van der Waals surface area contributed by atoms with Gasteiger partial charge in [0.15, 0.2) is 5.78 Å². The van der Waals surface area contributed by atoms with Gasteiger partial charge in [-0.2, -0.15) is 0 Å². The maximum atomic E-state index is 12.0. The third kappa shape index (κ3) is 5.46. The molecule has 18 heavy (non-hydrogen) atoms. The minimum atomic E-state index is -0.0206. The number of nitrogens with one attached hydrogen (secondary N) is 1. The van der Waals surface area contributed by atoms with Gasteiger partial charge in [-0.05, 0) is 38.7 Å². The summed E-state index contributed by atoms with van der Waals surface area (Å²) in [5.41, 5.74) is 2.07. The summed E-state index contributed by atoms with van der Waals surface area (Å²) in [4.78, 5) is 12.0. The van der Waals surface area contributed by atoms with E-state index in [1.165, 1.54) is 5.56 Å². The Kier molecular flexibility index (Phi) is 5.09. The van der Waals surface area contributed by atoms with Crippen molar-refractivity contribution in [2.45, 2.75) is 46.6 Å². The molecule has 0 saturated carbocycles. The van der Waals surface area contributed by atoms with Gasteiger partial charge < -0.3 is 5.32 Å². The van der Waals surface area contributed by atoms with Crippen LogP contribution >= 0.6 is 0 Å². The van der Waals surface area contributed by atoms with Crippen molar-refractivity contribution < 1.29 is 4.79 Å². The van der Waals surface area contributed by atoms with Crippen LogP contribution in [0.4, 0.5) is 0 Å². The number of Topliss-reactive ketones (excluding diaryl/α,β-unsaturated/α-hetero) is 1. The van der Waals surface area contributed by atoms with Crippen molar-refractivity contribution >= 4 is 5.78 Å². The van der Waals surface area contributed by atoms with Gasteiger partial charge in [0, 0.05) is 11.1 Å². The van der Waals surface area contributed by atoms with E-state index in [2.05, 4.69) is 52.1 Å². The van der Waals surface area contributed by atoms with Crippen LogP contribution in [0.25, 0.3) is 0 Å². The molecule has 0 aliphatic carbocycles. The smallest absolute Gasteiger partial charge is 0.176 e. The molecular formula is C16H25NO. The first-order chi connectivity index (χ1) is 8.28. The molecule has 1 rings (SSSR count). The largest absolute Gasteiger partial charge is 0.305 e. The molecule has 1 N–H and O–H groups in total. The molecular weight excluding hydrogens is 222 g/mol. The zero-order chi connectivity index (χ0) is 13.8. The SMILES string of the molecule is CC(C)Cc1ccc(C(=O)CNC(C)(C)C)cc1. The summed E-state index contributed by atoms with van der Waals surface area (Å²) in [5, 5.41) is 3.22. The third-order valence-electron chi connectivity index (χ3n) is 2.70. The molecule has 100 valence electrons. The van der Waals surface area contributed by atoms with Gasteiger partial charge in [0.1, 0.15) is 0 Å². The molecule has 0 atom stereocenters. The average molecular weight is 247 g/mol. The predicted octanol–water partition coefficient (Wildman–Crippen LogP) is 3.46. The molecule has 2 heteroatoms. The first-order valence-electron chi connectivity index (χ1n) is 6.65. The monoisotopic (exact) mass is 247 g/mol. The Hall–Kier alpha value is -1.15. The lowest BCUT2D eigenvalue weighted by molar-refractivity contribution is 0.0982. The van der Waals surface area contributed by atoms with Crippen LogP contribution in [-0.2, 0) is 6.42 Å². The lowest BCUT2D eigenvalue weighted by atomic mass is 10.0. The quantitative estimate of drug-likeness (QED) is 0.807. The van der Waals surface area contributed by atoms with Crippen LogP contribution in [-0.4, -0.2) is 17.9 Å². The van der Waals surface area contributed by atoms with Crippen LogP contribution in [0.3, 0.4) is 0 Å². The van der Waals surface area contributed by atoms with Crippen molar-refractivity contribution in [1.29, 1.82) is 0 Å². The molecule has 0 radical (unpaired) electrons. The van der Waals surface area contributed by atoms with E-state index in [4.69, 9.17) is 0 Å². The molecule has 1 aromatic rings. The maximum Gasteiger partial charge on any atom is 0.176 e. The number of rotatable bonds is 5. The molecule has 0 aliphatic rings. The number of hydrogen-bond donors (Lipinski definition) is 1. The number of hydrogen-bond acceptors (Lipinski definition) is 2. The van der Waals surface area contributed by atoms with Gasteiger partial charge >= 0.3 is 0 Å². The van der Waals surface area contributed by atoms with Crippen molar-refractivity contribution in [2.24, 2.45) is 5.92 Å². The molecule has 0 aliphatic heterocycles. The summed E-state index contributed by atoms with van der Waals surface area (Å²) >= 11 is 0. The van der Waals surface area contributed by atoms with Crippen LogP contribution in [0, 0.1) is 5.92 Å². The van der Waals surface area contributed by atoms with E-state index in [1.807, 2.05) is 12.1 Å². The predicted molar refractivity (Wildman–Crippen MR) is 77.1 cm³/mol. The topological polar surface area (TPSA) is 29.1 Å². The van der Waals surface area contributed by atoms with Crippen molar-refractivity contribution in [1.82, 2.24) is 5.32 Å². The normalized spacial score (nSPS) is 11.9. The summed E-state index contributed by atoms with van der Waals surface area (Å²) in [6.45, 7) is 11.0. The molecule has 2 nitrogen and oxygen atoms in total. The highest BCUT2D eigenvalue weighted by atomic mass is 16.1. The van der Waals surface area contributed by atoms with E-state index in [0.29, 0.717) is 12.5 Å². The van der Waals surface area contributed by atoms with Gasteiger partial charge in [0.05, 0.1) is 6.54 Å². The van der Waals surface area contributed by atoms with Crippen LogP contribution in [0.2, 0.25) is 0 Å². The molecule has 0 aromatic heterocycles. The fourth-order valence-electron chi connectivity index (χ4n) is 1.75. The highest BCUT2D eigenvalue weighted by Gasteiger charge is 2.12. The van der Waals surface area contributed by atoms with Crippen LogP contribution in [0.15, 0.2) is 24.3 Å². The van der Waals surface area contributed by atoms with E-state index in [-0.39, 0.29) is 11.3 Å². The minimum Gasteiger partial charge on any atom is -0.305 e. The minimum absolute atomic E-state index is 0.0206. The van der Waals surface area contributed by atoms with Gasteiger partial charge in [-0.25, -0.2) is 0 Å². The van der Waals surface area contributed by atoms with Crippen molar-refractivity contribution in [3.8, 4) is 0 Å². The Balaban J connectivity index is 2.59. The second kappa shape index (κ2) is 6.14. The third-order valence-corrected chi connectivity index (χ3v) is 2.70. The van der Waals surface area contributed by atoms with E-state index in [9.17, 15) is 4.79 Å². The van der Waals surface area contributed by atoms with Gasteiger partial charge in [0.25, 0.3) is 0 Å². The zero-order valence-electron chi connectivity index (χ0n) is 12.2. The van der Waals surface area contributed by atoms with Crippen molar-refractivity contribution in [3.05, 3.63) is 35.4 Å². The lowest BCUT2D eigenvalue weighted by Gasteiger charge is -2.19. The first kappa shape index (κ1) is 14.9. The lowest BCUT2D eigenvalue weighted by Crippen LogP contribution is -2.39. The fraction of sp³-hybridized carbons (Fsp3) is 0.562. The molecule has 0 spiro atoms. The second-order valence-electron chi connectivity index (χ2n) is 6.32. The van der Waals surface area contributed by atoms with E-state index in [1.54, 1.807) is 0 Å². The average Bonchev–Trinajstić information content (AvgIpc) is 2.25. The van der Waals surface area contributed by atoms with Crippen molar-refractivity contribution in [2.75, 3.05) is 6.54 Å². The standard InChI is InChI=1S/C16H25NO/c1-12(2)10-13-6-8-14(9-7-13)15(18)11-17-16(3,4)5/h6-9,12,17H,10-11H2,1-5H3. The molecule has 0 heterocycles. The van der Waals surface area contributed by atoms with Crippen LogP contribution < -0.4 is 5.32 Å². The molecule has 0 amide bonds. The van der Waals surface area contributed by atoms with Crippen LogP contribution in [0.5, 0.6) is 0 Å². The molecule has 0 saturated heterocycles. The maximum absolute atomic E-state index is 12.0. The highest BCUT2D eigenvalue weighted by Crippen LogP contribution is 2.10.